The minimum Gasteiger partial charge on any atom is -0.488 e. The average molecular weight is 382 g/mol. The third kappa shape index (κ3) is 3.15. The van der Waals surface area contributed by atoms with Gasteiger partial charge in [0.15, 0.2) is 0 Å². The molecule has 1 aliphatic rings. The Morgan fingerprint density at radius 1 is 1.48 bits per heavy atom. The quantitative estimate of drug-likeness (QED) is 0.877. The number of hydrogen-bond donors (Lipinski definition) is 1. The van der Waals surface area contributed by atoms with Gasteiger partial charge in [-0.25, -0.2) is 9.78 Å². The van der Waals surface area contributed by atoms with Crippen molar-refractivity contribution in [3.05, 3.63) is 29.3 Å². The zero-order valence-electron chi connectivity index (χ0n) is 13.4. The van der Waals surface area contributed by atoms with Crippen LogP contribution in [-0.4, -0.2) is 43.2 Å². The van der Waals surface area contributed by atoms with E-state index < -0.39 is 11.6 Å². The third-order valence-electron chi connectivity index (χ3n) is 4.11. The predicted molar refractivity (Wildman–Crippen MR) is 89.9 cm³/mol. The number of carboxylic acid groups (broad SMARTS) is 1. The molecule has 1 saturated carbocycles. The van der Waals surface area contributed by atoms with Crippen LogP contribution in [0.2, 0.25) is 0 Å². The van der Waals surface area contributed by atoms with Crippen molar-refractivity contribution < 1.29 is 14.6 Å². The highest BCUT2D eigenvalue weighted by Crippen LogP contribution is 2.35. The molecule has 2 aromatic rings. The van der Waals surface area contributed by atoms with Crippen molar-refractivity contribution in [2.24, 2.45) is 0 Å². The number of hydrogen-bond acceptors (Lipinski definition) is 3. The maximum absolute atomic E-state index is 11.5. The van der Waals surface area contributed by atoms with Crippen LogP contribution < -0.4 is 4.74 Å². The van der Waals surface area contributed by atoms with Crippen molar-refractivity contribution in [2.45, 2.75) is 51.3 Å². The minimum atomic E-state index is -0.874. The van der Waals surface area contributed by atoms with Crippen molar-refractivity contribution in [1.29, 1.82) is 0 Å². The van der Waals surface area contributed by atoms with Crippen LogP contribution in [0.1, 0.15) is 33.6 Å². The van der Waals surface area contributed by atoms with Gasteiger partial charge < -0.3 is 19.1 Å². The molecule has 0 radical (unpaired) electrons. The molecular weight excluding hydrogens is 362 g/mol. The van der Waals surface area contributed by atoms with E-state index in [1.54, 1.807) is 12.5 Å². The third-order valence-corrected chi connectivity index (χ3v) is 4.54. The summed E-state index contributed by atoms with van der Waals surface area (Å²) in [7, 11) is 0. The smallest absolute Gasteiger partial charge is 0.407 e. The van der Waals surface area contributed by atoms with E-state index >= 15 is 0 Å². The Morgan fingerprint density at radius 2 is 2.17 bits per heavy atom. The Bertz CT molecular complexity index is 732. The number of ether oxygens (including phenoxy) is 1. The zero-order chi connectivity index (χ0) is 16.8. The average Bonchev–Trinajstić information content (AvgIpc) is 2.81. The fourth-order valence-corrected chi connectivity index (χ4v) is 3.51. The molecule has 1 aliphatic carbocycles. The largest absolute Gasteiger partial charge is 0.488 e. The van der Waals surface area contributed by atoms with E-state index in [0.717, 1.165) is 15.7 Å². The number of fused-ring (bicyclic) bond motifs is 1. The molecule has 6 nitrogen and oxygen atoms in total. The molecule has 2 aromatic heterocycles. The molecule has 0 aromatic carbocycles. The zero-order valence-corrected chi connectivity index (χ0v) is 14.9. The summed E-state index contributed by atoms with van der Waals surface area (Å²) in [5.74, 6) is 0.762. The Kier molecular flexibility index (Phi) is 4.00. The topological polar surface area (TPSA) is 67.1 Å². The first-order valence-electron chi connectivity index (χ1n) is 7.56. The van der Waals surface area contributed by atoms with E-state index in [-0.39, 0.29) is 12.1 Å². The van der Waals surface area contributed by atoms with Crippen LogP contribution in [0.3, 0.4) is 0 Å². The Balaban J connectivity index is 1.70. The van der Waals surface area contributed by atoms with Crippen molar-refractivity contribution in [2.75, 3.05) is 0 Å². The summed E-state index contributed by atoms with van der Waals surface area (Å²) in [6.45, 7) is 5.75. The lowest BCUT2D eigenvalue weighted by atomic mass is 9.85. The van der Waals surface area contributed by atoms with Gasteiger partial charge in [-0.3, -0.25) is 0 Å². The lowest BCUT2D eigenvalue weighted by Crippen LogP contribution is -2.58. The molecule has 1 amide bonds. The van der Waals surface area contributed by atoms with Gasteiger partial charge in [0.1, 0.15) is 17.4 Å². The van der Waals surface area contributed by atoms with Crippen LogP contribution in [0.5, 0.6) is 5.75 Å². The minimum absolute atomic E-state index is 0.00517. The summed E-state index contributed by atoms with van der Waals surface area (Å²) in [4.78, 5) is 17.2. The summed E-state index contributed by atoms with van der Waals surface area (Å²) in [5, 5.41) is 9.44. The molecule has 0 unspecified atom stereocenters. The molecule has 7 heteroatoms. The number of halogens is 1. The summed E-state index contributed by atoms with van der Waals surface area (Å²) in [6.07, 6.45) is 5.97. The van der Waals surface area contributed by atoms with Gasteiger partial charge in [0.25, 0.3) is 0 Å². The van der Waals surface area contributed by atoms with Crippen LogP contribution in [0.4, 0.5) is 4.79 Å². The van der Waals surface area contributed by atoms with E-state index in [4.69, 9.17) is 4.74 Å². The second-order valence-corrected chi connectivity index (χ2v) is 7.81. The van der Waals surface area contributed by atoms with Crippen LogP contribution in [-0.2, 0) is 0 Å². The van der Waals surface area contributed by atoms with E-state index in [1.165, 1.54) is 4.90 Å². The summed E-state index contributed by atoms with van der Waals surface area (Å²) in [6, 6.07) is 1.92. The number of rotatable bonds is 3. The maximum Gasteiger partial charge on any atom is 0.407 e. The molecule has 1 N–H and O–H groups in total. The van der Waals surface area contributed by atoms with E-state index in [1.807, 2.05) is 37.4 Å². The second kappa shape index (κ2) is 5.70. The molecule has 3 rings (SSSR count). The molecule has 2 heterocycles. The van der Waals surface area contributed by atoms with Crippen molar-refractivity contribution in [3.8, 4) is 5.75 Å². The molecule has 0 atom stereocenters. The lowest BCUT2D eigenvalue weighted by Gasteiger charge is -2.47. The summed E-state index contributed by atoms with van der Waals surface area (Å²) >= 11 is 3.46. The van der Waals surface area contributed by atoms with Crippen molar-refractivity contribution in [1.82, 2.24) is 14.3 Å². The number of pyridine rings is 1. The number of imidazole rings is 1. The van der Waals surface area contributed by atoms with Crippen molar-refractivity contribution in [3.63, 3.8) is 0 Å². The molecule has 0 aliphatic heterocycles. The molecule has 0 bridgehead atoms. The highest BCUT2D eigenvalue weighted by Gasteiger charge is 2.42. The highest BCUT2D eigenvalue weighted by molar-refractivity contribution is 9.10. The van der Waals surface area contributed by atoms with E-state index in [2.05, 4.69) is 20.9 Å². The first-order chi connectivity index (χ1) is 10.8. The number of carbonyl (C=O) groups is 1. The molecule has 23 heavy (non-hydrogen) atoms. The van der Waals surface area contributed by atoms with Gasteiger partial charge >= 0.3 is 6.09 Å². The van der Waals surface area contributed by atoms with E-state index in [9.17, 15) is 9.90 Å². The standard InChI is InChI=1S/C16H20BrN3O3/c1-16(2,3)20(15(21)22)11-5-12(6-11)23-14-4-10(17)8-19-9-18-7-13(14)19/h4,7-9,11-12H,5-6H2,1-3H3,(H,21,22). The molecule has 1 fully saturated rings. The Hall–Kier alpha value is -1.76. The normalized spacial score (nSPS) is 21.0. The van der Waals surface area contributed by atoms with E-state index in [0.29, 0.717) is 12.8 Å². The van der Waals surface area contributed by atoms with Crippen LogP contribution in [0.25, 0.3) is 5.52 Å². The molecule has 0 spiro atoms. The second-order valence-electron chi connectivity index (χ2n) is 6.90. The van der Waals surface area contributed by atoms with Gasteiger partial charge in [-0.15, -0.1) is 0 Å². The Labute approximate surface area is 143 Å². The van der Waals surface area contributed by atoms with Gasteiger partial charge in [0.05, 0.1) is 12.5 Å². The maximum atomic E-state index is 11.5. The van der Waals surface area contributed by atoms with Gasteiger partial charge in [-0.05, 0) is 42.8 Å². The summed E-state index contributed by atoms with van der Waals surface area (Å²) < 4.78 is 8.87. The predicted octanol–water partition coefficient (Wildman–Crippen LogP) is 3.79. The van der Waals surface area contributed by atoms with Crippen LogP contribution in [0.15, 0.2) is 29.3 Å². The van der Waals surface area contributed by atoms with Gasteiger partial charge in [0.2, 0.25) is 0 Å². The summed E-state index contributed by atoms with van der Waals surface area (Å²) in [5.41, 5.74) is 0.498. The van der Waals surface area contributed by atoms with Crippen LogP contribution >= 0.6 is 15.9 Å². The first kappa shape index (κ1) is 16.1. The Morgan fingerprint density at radius 3 is 2.78 bits per heavy atom. The molecule has 124 valence electrons. The fraction of sp³-hybridized carbons (Fsp3) is 0.500. The number of nitrogens with zero attached hydrogens (tertiary/aromatic N) is 3. The van der Waals surface area contributed by atoms with Gasteiger partial charge in [-0.2, -0.15) is 0 Å². The van der Waals surface area contributed by atoms with Gasteiger partial charge in [-0.1, -0.05) is 0 Å². The number of amides is 1. The molecule has 0 saturated heterocycles. The number of aromatic nitrogens is 2. The van der Waals surface area contributed by atoms with Gasteiger partial charge in [0, 0.05) is 35.1 Å². The molecular formula is C16H20BrN3O3. The van der Waals surface area contributed by atoms with Crippen molar-refractivity contribution >= 4 is 27.5 Å². The highest BCUT2D eigenvalue weighted by atomic mass is 79.9. The van der Waals surface area contributed by atoms with Crippen LogP contribution in [0, 0.1) is 0 Å². The monoisotopic (exact) mass is 381 g/mol. The first-order valence-corrected chi connectivity index (χ1v) is 8.35. The fourth-order valence-electron chi connectivity index (χ4n) is 3.08. The lowest BCUT2D eigenvalue weighted by molar-refractivity contribution is -0.0130. The SMILES string of the molecule is CC(C)(C)N(C(=O)O)C1CC(Oc2cc(Br)cn3cncc23)C1.